The number of hydrogen-bond acceptors (Lipinski definition) is 7. The molecule has 10 nitrogen and oxygen atoms in total. The zero-order valence-corrected chi connectivity index (χ0v) is 20.3. The molecular formula is C27H21FN8O2. The average molecular weight is 509 g/mol. The van der Waals surface area contributed by atoms with Crippen molar-refractivity contribution >= 4 is 29.1 Å². The number of aromatic nitrogens is 4. The minimum atomic E-state index is -0.770. The van der Waals surface area contributed by atoms with Gasteiger partial charge in [-0.3, -0.25) is 14.0 Å². The fourth-order valence-corrected chi connectivity index (χ4v) is 4.52. The smallest absolute Gasteiger partial charge is 0.298 e. The predicted molar refractivity (Wildman–Crippen MR) is 137 cm³/mol. The van der Waals surface area contributed by atoms with Crippen molar-refractivity contribution < 1.29 is 14.0 Å². The first kappa shape index (κ1) is 24.4. The number of halogens is 1. The number of fused-ring (bicyclic) bond motifs is 1. The molecule has 4 aromatic rings. The third kappa shape index (κ3) is 4.49. The molecule has 0 bridgehead atoms. The number of rotatable bonds is 4. The van der Waals surface area contributed by atoms with Crippen LogP contribution in [-0.2, 0) is 4.79 Å². The zero-order chi connectivity index (χ0) is 26.8. The second kappa shape index (κ2) is 9.99. The van der Waals surface area contributed by atoms with E-state index in [0.29, 0.717) is 42.0 Å². The molecule has 0 radical (unpaired) electrons. The van der Waals surface area contributed by atoms with Crippen molar-refractivity contribution in [1.29, 1.82) is 5.26 Å². The molecule has 3 N–H and O–H groups in total. The molecule has 3 aromatic heterocycles. The molecule has 0 saturated carbocycles. The highest BCUT2D eigenvalue weighted by molar-refractivity contribution is 6.04. The lowest BCUT2D eigenvalue weighted by atomic mass is 10.0. The molecule has 1 unspecified atom stereocenters. The van der Waals surface area contributed by atoms with Crippen LogP contribution in [0.3, 0.4) is 0 Å². The third-order valence-electron chi connectivity index (χ3n) is 6.31. The van der Waals surface area contributed by atoms with E-state index in [-0.39, 0.29) is 29.2 Å². The number of likely N-dealkylation sites (tertiary alicyclic amines) is 1. The van der Waals surface area contributed by atoms with Crippen LogP contribution in [0.4, 0.5) is 16.2 Å². The lowest BCUT2D eigenvalue weighted by molar-refractivity contribution is -0.124. The molecule has 11 heteroatoms. The van der Waals surface area contributed by atoms with Gasteiger partial charge in [-0.25, -0.2) is 19.3 Å². The number of carbonyl (C=O) groups excluding carboxylic acids is 2. The SMILES string of the molecule is CC#CC(=O)N1CCC(c2nc(-c3ccc(C(=O)Nc4cc(C#N)ccn4)c(F)c3)n3c(N)nccc23)C1. The normalized spacial score (nSPS) is 14.6. The summed E-state index contributed by atoms with van der Waals surface area (Å²) in [6, 6.07) is 10.8. The van der Waals surface area contributed by atoms with Crippen LogP contribution in [0.15, 0.2) is 48.8 Å². The summed E-state index contributed by atoms with van der Waals surface area (Å²) >= 11 is 0. The van der Waals surface area contributed by atoms with Crippen molar-refractivity contribution in [1.82, 2.24) is 24.3 Å². The Morgan fingerprint density at radius 3 is 2.76 bits per heavy atom. The maximum Gasteiger partial charge on any atom is 0.298 e. The number of nitrogen functional groups attached to an aromatic ring is 1. The number of benzene rings is 1. The molecule has 4 heterocycles. The van der Waals surface area contributed by atoms with Gasteiger partial charge in [0.25, 0.3) is 11.8 Å². The molecule has 1 aliphatic rings. The standard InChI is InChI=1S/C27H21FN8O2/c1-2-3-23(37)35-11-8-18(15-35)24-21-7-10-32-27(30)36(21)25(34-24)17-4-5-19(20(28)13-17)26(38)33-22-12-16(14-29)6-9-31-22/h4-7,9-10,12-13,18H,8,11,15H2,1H3,(H2,30,32)(H,31,33,38). The lowest BCUT2D eigenvalue weighted by Crippen LogP contribution is -2.26. The molecule has 5 rings (SSSR count). The molecule has 0 spiro atoms. The van der Waals surface area contributed by atoms with E-state index in [2.05, 4.69) is 27.1 Å². The van der Waals surface area contributed by atoms with Crippen LogP contribution in [-0.4, -0.2) is 49.2 Å². The van der Waals surface area contributed by atoms with Crippen molar-refractivity contribution in [2.45, 2.75) is 19.3 Å². The Kier molecular flexibility index (Phi) is 6.42. The highest BCUT2D eigenvalue weighted by Gasteiger charge is 2.31. The number of nitrogens with one attached hydrogen (secondary N) is 1. The van der Waals surface area contributed by atoms with Gasteiger partial charge in [0, 0.05) is 37.0 Å². The Morgan fingerprint density at radius 1 is 1.18 bits per heavy atom. The number of hydrogen-bond donors (Lipinski definition) is 2. The average Bonchev–Trinajstić information content (AvgIpc) is 3.55. The van der Waals surface area contributed by atoms with E-state index in [0.717, 1.165) is 5.69 Å². The van der Waals surface area contributed by atoms with E-state index < -0.39 is 11.7 Å². The highest BCUT2D eigenvalue weighted by atomic mass is 19.1. The van der Waals surface area contributed by atoms with Crippen LogP contribution >= 0.6 is 0 Å². The highest BCUT2D eigenvalue weighted by Crippen LogP contribution is 2.34. The fraction of sp³-hybridized carbons (Fsp3) is 0.185. The van der Waals surface area contributed by atoms with Crippen molar-refractivity contribution in [3.8, 4) is 29.3 Å². The number of nitrogens with two attached hydrogens (primary N) is 1. The molecule has 1 aliphatic heterocycles. The number of nitrogens with zero attached hydrogens (tertiary/aromatic N) is 6. The Labute approximate surface area is 216 Å². The quantitative estimate of drug-likeness (QED) is 0.404. The second-order valence-corrected chi connectivity index (χ2v) is 8.65. The summed E-state index contributed by atoms with van der Waals surface area (Å²) in [6.07, 6.45) is 3.65. The first-order chi connectivity index (χ1) is 18.4. The number of imidazole rings is 1. The summed E-state index contributed by atoms with van der Waals surface area (Å²) in [6.45, 7) is 2.63. The minimum Gasteiger partial charge on any atom is -0.369 e. The van der Waals surface area contributed by atoms with Gasteiger partial charge in [-0.2, -0.15) is 5.26 Å². The van der Waals surface area contributed by atoms with Crippen molar-refractivity contribution in [3.63, 3.8) is 0 Å². The molecule has 1 saturated heterocycles. The molecule has 38 heavy (non-hydrogen) atoms. The Morgan fingerprint density at radius 2 is 2.00 bits per heavy atom. The Hall–Kier alpha value is -5.29. The molecule has 1 fully saturated rings. The number of pyridine rings is 1. The largest absolute Gasteiger partial charge is 0.369 e. The number of nitriles is 1. The maximum absolute atomic E-state index is 15.2. The van der Waals surface area contributed by atoms with Gasteiger partial charge in [0.05, 0.1) is 28.4 Å². The van der Waals surface area contributed by atoms with Gasteiger partial charge < -0.3 is 16.0 Å². The summed E-state index contributed by atoms with van der Waals surface area (Å²) in [5.74, 6) is 4.10. The number of anilines is 2. The predicted octanol–water partition coefficient (Wildman–Crippen LogP) is 2.98. The Balaban J connectivity index is 1.47. The van der Waals surface area contributed by atoms with Gasteiger partial charge in [0.2, 0.25) is 5.95 Å². The number of amides is 2. The van der Waals surface area contributed by atoms with Crippen LogP contribution in [0.1, 0.15) is 40.9 Å². The van der Waals surface area contributed by atoms with Crippen molar-refractivity contribution in [3.05, 3.63) is 71.4 Å². The van der Waals surface area contributed by atoms with E-state index in [1.165, 1.54) is 30.5 Å². The molecular weight excluding hydrogens is 487 g/mol. The minimum absolute atomic E-state index is 0.0604. The van der Waals surface area contributed by atoms with Crippen LogP contribution < -0.4 is 11.1 Å². The topological polar surface area (TPSA) is 142 Å². The monoisotopic (exact) mass is 508 g/mol. The van der Waals surface area contributed by atoms with Crippen LogP contribution in [0.5, 0.6) is 0 Å². The summed E-state index contributed by atoms with van der Waals surface area (Å²) < 4.78 is 16.8. The fourth-order valence-electron chi connectivity index (χ4n) is 4.52. The van der Waals surface area contributed by atoms with E-state index >= 15 is 4.39 Å². The van der Waals surface area contributed by atoms with Crippen molar-refractivity contribution in [2.24, 2.45) is 0 Å². The molecule has 1 atom stereocenters. The third-order valence-corrected chi connectivity index (χ3v) is 6.31. The van der Waals surface area contributed by atoms with Gasteiger partial charge in [-0.05, 0) is 49.6 Å². The van der Waals surface area contributed by atoms with Gasteiger partial charge in [-0.1, -0.05) is 12.0 Å². The first-order valence-corrected chi connectivity index (χ1v) is 11.7. The first-order valence-electron chi connectivity index (χ1n) is 11.7. The zero-order valence-electron chi connectivity index (χ0n) is 20.3. The molecule has 2 amide bonds. The second-order valence-electron chi connectivity index (χ2n) is 8.65. The summed E-state index contributed by atoms with van der Waals surface area (Å²) in [5, 5.41) is 11.5. The molecule has 188 valence electrons. The van der Waals surface area contributed by atoms with E-state index in [1.54, 1.807) is 34.6 Å². The van der Waals surface area contributed by atoms with Crippen LogP contribution in [0, 0.1) is 29.0 Å². The van der Waals surface area contributed by atoms with E-state index in [1.807, 2.05) is 6.07 Å². The molecule has 0 aliphatic carbocycles. The van der Waals surface area contributed by atoms with E-state index in [9.17, 15) is 9.59 Å². The maximum atomic E-state index is 15.2. The summed E-state index contributed by atoms with van der Waals surface area (Å²) in [5.41, 5.74) is 8.12. The molecule has 1 aromatic carbocycles. The Bertz CT molecular complexity index is 1690. The van der Waals surface area contributed by atoms with Crippen LogP contribution in [0.2, 0.25) is 0 Å². The van der Waals surface area contributed by atoms with Gasteiger partial charge in [-0.15, -0.1) is 0 Å². The summed E-state index contributed by atoms with van der Waals surface area (Å²) in [4.78, 5) is 39.6. The van der Waals surface area contributed by atoms with Gasteiger partial charge >= 0.3 is 0 Å². The lowest BCUT2D eigenvalue weighted by Gasteiger charge is -2.12. The van der Waals surface area contributed by atoms with Gasteiger partial charge in [0.1, 0.15) is 17.5 Å². The van der Waals surface area contributed by atoms with Crippen molar-refractivity contribution in [2.75, 3.05) is 24.1 Å². The van der Waals surface area contributed by atoms with Crippen LogP contribution in [0.25, 0.3) is 16.9 Å². The van der Waals surface area contributed by atoms with Gasteiger partial charge in [0.15, 0.2) is 0 Å². The summed E-state index contributed by atoms with van der Waals surface area (Å²) in [7, 11) is 0. The number of carbonyl (C=O) groups is 2. The van der Waals surface area contributed by atoms with E-state index in [4.69, 9.17) is 16.0 Å².